The van der Waals surface area contributed by atoms with E-state index in [9.17, 15) is 0 Å². The van der Waals surface area contributed by atoms with Crippen LogP contribution in [0, 0.1) is 0 Å². The first-order valence-corrected chi connectivity index (χ1v) is 5.78. The molecule has 2 aromatic rings. The lowest BCUT2D eigenvalue weighted by Gasteiger charge is -2.13. The highest BCUT2D eigenvalue weighted by molar-refractivity contribution is 6.21. The van der Waals surface area contributed by atoms with Crippen molar-refractivity contribution in [2.45, 2.75) is 11.9 Å². The minimum atomic E-state index is -0.0789. The van der Waals surface area contributed by atoms with Crippen LogP contribution in [0.3, 0.4) is 0 Å². The van der Waals surface area contributed by atoms with Gasteiger partial charge in [0.05, 0.1) is 0 Å². The predicted molar refractivity (Wildman–Crippen MR) is 69.9 cm³/mol. The van der Waals surface area contributed by atoms with Gasteiger partial charge in [-0.25, -0.2) is 0 Å². The summed E-state index contributed by atoms with van der Waals surface area (Å²) in [7, 11) is 0. The van der Waals surface area contributed by atoms with Crippen molar-refractivity contribution in [2.75, 3.05) is 5.32 Å². The molecule has 0 aliphatic carbocycles. The molecule has 0 spiro atoms. The molecule has 0 aliphatic rings. The Hall–Kier alpha value is -1.47. The molecule has 0 heterocycles. The van der Waals surface area contributed by atoms with Crippen molar-refractivity contribution in [3.05, 3.63) is 66.2 Å². The van der Waals surface area contributed by atoms with Gasteiger partial charge >= 0.3 is 0 Å². The van der Waals surface area contributed by atoms with Crippen LogP contribution < -0.4 is 5.32 Å². The number of nitrogens with one attached hydrogen (secondary N) is 1. The zero-order valence-corrected chi connectivity index (χ0v) is 9.69. The van der Waals surface area contributed by atoms with E-state index in [1.807, 2.05) is 48.5 Å². The molecule has 1 N–H and O–H groups in total. The second kappa shape index (κ2) is 5.57. The molecule has 0 saturated heterocycles. The fraction of sp³-hybridized carbons (Fsp3) is 0.143. The summed E-state index contributed by atoms with van der Waals surface area (Å²) in [4.78, 5) is 0. The summed E-state index contributed by atoms with van der Waals surface area (Å²) in [5.41, 5.74) is 2.22. The molecule has 2 rings (SSSR count). The van der Waals surface area contributed by atoms with Crippen LogP contribution in [0.1, 0.15) is 5.56 Å². The van der Waals surface area contributed by atoms with E-state index in [4.69, 9.17) is 11.6 Å². The van der Waals surface area contributed by atoms with Gasteiger partial charge in [0.25, 0.3) is 0 Å². The van der Waals surface area contributed by atoms with E-state index in [0.29, 0.717) is 0 Å². The molecule has 0 fully saturated rings. The van der Waals surface area contributed by atoms with Gasteiger partial charge in [-0.3, -0.25) is 0 Å². The van der Waals surface area contributed by atoms with E-state index < -0.39 is 0 Å². The molecule has 0 bridgehead atoms. The Labute approximate surface area is 101 Å². The first-order chi connectivity index (χ1) is 7.84. The monoisotopic (exact) mass is 231 g/mol. The smallest absolute Gasteiger partial charge is 0.105 e. The topological polar surface area (TPSA) is 12.0 Å². The molecule has 16 heavy (non-hydrogen) atoms. The highest BCUT2D eigenvalue weighted by atomic mass is 35.5. The number of anilines is 1. The minimum absolute atomic E-state index is 0.0789. The van der Waals surface area contributed by atoms with Gasteiger partial charge in [-0.15, -0.1) is 0 Å². The third-order valence-electron chi connectivity index (χ3n) is 2.35. The Morgan fingerprint density at radius 2 is 1.44 bits per heavy atom. The van der Waals surface area contributed by atoms with Gasteiger partial charge in [0.1, 0.15) is 5.50 Å². The van der Waals surface area contributed by atoms with Gasteiger partial charge in [-0.1, -0.05) is 60.1 Å². The number of hydrogen-bond acceptors (Lipinski definition) is 1. The fourth-order valence-electron chi connectivity index (χ4n) is 1.59. The van der Waals surface area contributed by atoms with Crippen LogP contribution in [0.5, 0.6) is 0 Å². The zero-order chi connectivity index (χ0) is 11.2. The zero-order valence-electron chi connectivity index (χ0n) is 8.94. The van der Waals surface area contributed by atoms with E-state index in [2.05, 4.69) is 17.4 Å². The van der Waals surface area contributed by atoms with Crippen LogP contribution in [0.25, 0.3) is 0 Å². The van der Waals surface area contributed by atoms with Crippen LogP contribution in [0.2, 0.25) is 0 Å². The third-order valence-corrected chi connectivity index (χ3v) is 2.62. The van der Waals surface area contributed by atoms with E-state index in [-0.39, 0.29) is 5.50 Å². The van der Waals surface area contributed by atoms with Crippen LogP contribution >= 0.6 is 11.6 Å². The molecule has 1 atom stereocenters. The van der Waals surface area contributed by atoms with Crippen LogP contribution in [0.4, 0.5) is 5.69 Å². The number of rotatable bonds is 4. The number of hydrogen-bond donors (Lipinski definition) is 1. The third kappa shape index (κ3) is 3.28. The van der Waals surface area contributed by atoms with Crippen LogP contribution in [-0.4, -0.2) is 5.50 Å². The van der Waals surface area contributed by atoms with Crippen molar-refractivity contribution in [3.8, 4) is 0 Å². The second-order valence-corrected chi connectivity index (χ2v) is 4.19. The Morgan fingerprint density at radius 1 is 0.875 bits per heavy atom. The van der Waals surface area contributed by atoms with Crippen molar-refractivity contribution >= 4 is 17.3 Å². The van der Waals surface area contributed by atoms with Crippen molar-refractivity contribution in [1.29, 1.82) is 0 Å². The molecule has 0 aromatic heterocycles. The average Bonchev–Trinajstić information content (AvgIpc) is 2.31. The quantitative estimate of drug-likeness (QED) is 0.622. The molecular weight excluding hydrogens is 218 g/mol. The Bertz CT molecular complexity index is 372. The summed E-state index contributed by atoms with van der Waals surface area (Å²) in [5.74, 6) is 0. The molecule has 1 unspecified atom stereocenters. The van der Waals surface area contributed by atoms with Gasteiger partial charge in [0.15, 0.2) is 0 Å². The van der Waals surface area contributed by atoms with E-state index in [1.54, 1.807) is 0 Å². The molecule has 2 heteroatoms. The van der Waals surface area contributed by atoms with Crippen molar-refractivity contribution in [2.24, 2.45) is 0 Å². The normalized spacial score (nSPS) is 12.1. The molecule has 82 valence electrons. The summed E-state index contributed by atoms with van der Waals surface area (Å²) in [6, 6.07) is 20.2. The van der Waals surface area contributed by atoms with E-state index in [0.717, 1.165) is 12.1 Å². The van der Waals surface area contributed by atoms with Crippen LogP contribution in [-0.2, 0) is 6.42 Å². The van der Waals surface area contributed by atoms with Gasteiger partial charge in [0, 0.05) is 12.1 Å². The van der Waals surface area contributed by atoms with Gasteiger partial charge in [-0.05, 0) is 17.7 Å². The SMILES string of the molecule is ClC(Cc1ccccc1)Nc1ccccc1. The summed E-state index contributed by atoms with van der Waals surface area (Å²) in [6.07, 6.45) is 0.817. The van der Waals surface area contributed by atoms with Gasteiger partial charge in [-0.2, -0.15) is 0 Å². The summed E-state index contributed by atoms with van der Waals surface area (Å²) >= 11 is 6.24. The number of para-hydroxylation sites is 1. The number of benzene rings is 2. The van der Waals surface area contributed by atoms with Crippen molar-refractivity contribution in [1.82, 2.24) is 0 Å². The maximum atomic E-state index is 6.24. The first kappa shape index (κ1) is 11.0. The van der Waals surface area contributed by atoms with E-state index in [1.165, 1.54) is 5.56 Å². The molecule has 0 radical (unpaired) electrons. The van der Waals surface area contributed by atoms with Crippen LogP contribution in [0.15, 0.2) is 60.7 Å². The predicted octanol–water partition coefficient (Wildman–Crippen LogP) is 3.91. The standard InChI is InChI=1S/C14H14ClN/c15-14(11-12-7-3-1-4-8-12)16-13-9-5-2-6-10-13/h1-10,14,16H,11H2. The summed E-state index contributed by atoms with van der Waals surface area (Å²) in [6.45, 7) is 0. The number of halogens is 1. The van der Waals surface area contributed by atoms with E-state index >= 15 is 0 Å². The van der Waals surface area contributed by atoms with Gasteiger partial charge < -0.3 is 5.32 Å². The highest BCUT2D eigenvalue weighted by Gasteiger charge is 2.04. The molecule has 0 amide bonds. The first-order valence-electron chi connectivity index (χ1n) is 5.34. The lowest BCUT2D eigenvalue weighted by molar-refractivity contribution is 0.945. The Kier molecular flexibility index (Phi) is 3.84. The molecular formula is C14H14ClN. The van der Waals surface area contributed by atoms with Gasteiger partial charge in [0.2, 0.25) is 0 Å². The maximum Gasteiger partial charge on any atom is 0.105 e. The minimum Gasteiger partial charge on any atom is -0.369 e. The fourth-order valence-corrected chi connectivity index (χ4v) is 1.89. The molecule has 2 aromatic carbocycles. The number of alkyl halides is 1. The van der Waals surface area contributed by atoms with Crippen molar-refractivity contribution < 1.29 is 0 Å². The Balaban J connectivity index is 1.92. The maximum absolute atomic E-state index is 6.24. The Morgan fingerprint density at radius 3 is 2.06 bits per heavy atom. The van der Waals surface area contributed by atoms with Crippen molar-refractivity contribution in [3.63, 3.8) is 0 Å². The lowest BCUT2D eigenvalue weighted by Crippen LogP contribution is -2.14. The molecule has 1 nitrogen and oxygen atoms in total. The molecule has 0 saturated carbocycles. The summed E-state index contributed by atoms with van der Waals surface area (Å²) < 4.78 is 0. The largest absolute Gasteiger partial charge is 0.369 e. The average molecular weight is 232 g/mol. The highest BCUT2D eigenvalue weighted by Crippen LogP contribution is 2.13. The second-order valence-electron chi connectivity index (χ2n) is 3.67. The summed E-state index contributed by atoms with van der Waals surface area (Å²) in [5, 5.41) is 3.26. The lowest BCUT2D eigenvalue weighted by atomic mass is 10.1. The molecule has 0 aliphatic heterocycles.